The first-order valence-electron chi connectivity index (χ1n) is 7.48. The van der Waals surface area contributed by atoms with Crippen LogP contribution in [0.5, 0.6) is 5.75 Å². The van der Waals surface area contributed by atoms with E-state index in [1.54, 1.807) is 43.4 Å². The van der Waals surface area contributed by atoms with E-state index in [1.165, 1.54) is 11.8 Å². The summed E-state index contributed by atoms with van der Waals surface area (Å²) in [6, 6.07) is 14.2. The lowest BCUT2D eigenvalue weighted by atomic mass is 10.1. The second-order valence-corrected chi connectivity index (χ2v) is 5.30. The lowest BCUT2D eigenvalue weighted by Crippen LogP contribution is -2.27. The highest BCUT2D eigenvalue weighted by atomic mass is 16.5. The van der Waals surface area contributed by atoms with Crippen molar-refractivity contribution >= 4 is 16.7 Å². The Morgan fingerprint density at radius 2 is 1.79 bits per heavy atom. The standard InChI is InChI=1S/C18H17N3O3/c1-21-18(23)13-8-4-3-7-12(13)15(20-21)11-19-17(22)14-9-5-6-10-16(14)24-2/h3-10H,11H2,1-2H3,(H,19,22). The van der Waals surface area contributed by atoms with Gasteiger partial charge in [-0.1, -0.05) is 30.3 Å². The second kappa shape index (κ2) is 6.54. The average molecular weight is 323 g/mol. The van der Waals surface area contributed by atoms with Crippen LogP contribution in [0.2, 0.25) is 0 Å². The molecule has 0 fully saturated rings. The van der Waals surface area contributed by atoms with E-state index < -0.39 is 0 Å². The number of amides is 1. The monoisotopic (exact) mass is 323 g/mol. The molecule has 1 N–H and O–H groups in total. The number of aryl methyl sites for hydroxylation is 1. The Balaban J connectivity index is 1.90. The van der Waals surface area contributed by atoms with Gasteiger partial charge in [-0.05, 0) is 18.2 Å². The van der Waals surface area contributed by atoms with Crippen LogP contribution in [-0.4, -0.2) is 22.8 Å². The first-order chi connectivity index (χ1) is 11.6. The smallest absolute Gasteiger partial charge is 0.274 e. The zero-order valence-corrected chi connectivity index (χ0v) is 13.4. The Labute approximate surface area is 138 Å². The van der Waals surface area contributed by atoms with Crippen LogP contribution in [0.15, 0.2) is 53.3 Å². The minimum absolute atomic E-state index is 0.162. The van der Waals surface area contributed by atoms with Gasteiger partial charge in [-0.3, -0.25) is 9.59 Å². The van der Waals surface area contributed by atoms with Gasteiger partial charge in [0.2, 0.25) is 0 Å². The Morgan fingerprint density at radius 3 is 2.54 bits per heavy atom. The van der Waals surface area contributed by atoms with E-state index in [9.17, 15) is 9.59 Å². The number of para-hydroxylation sites is 1. The van der Waals surface area contributed by atoms with E-state index in [1.807, 2.05) is 12.1 Å². The minimum Gasteiger partial charge on any atom is -0.496 e. The molecule has 2 aromatic carbocycles. The number of nitrogens with zero attached hydrogens (tertiary/aromatic N) is 2. The van der Waals surface area contributed by atoms with Crippen molar-refractivity contribution in [1.82, 2.24) is 15.1 Å². The summed E-state index contributed by atoms with van der Waals surface area (Å²) >= 11 is 0. The number of carbonyl (C=O) groups excluding carboxylic acids is 1. The summed E-state index contributed by atoms with van der Waals surface area (Å²) in [6.07, 6.45) is 0. The molecule has 3 aromatic rings. The van der Waals surface area contributed by atoms with Gasteiger partial charge in [-0.15, -0.1) is 0 Å². The molecule has 6 heteroatoms. The van der Waals surface area contributed by atoms with Crippen molar-refractivity contribution in [2.24, 2.45) is 7.05 Å². The van der Waals surface area contributed by atoms with Crippen molar-refractivity contribution in [3.05, 3.63) is 70.1 Å². The molecule has 122 valence electrons. The van der Waals surface area contributed by atoms with Crippen LogP contribution in [0.1, 0.15) is 16.1 Å². The minimum atomic E-state index is -0.257. The molecular weight excluding hydrogens is 306 g/mol. The highest BCUT2D eigenvalue weighted by molar-refractivity contribution is 5.97. The molecule has 0 atom stereocenters. The van der Waals surface area contributed by atoms with Crippen molar-refractivity contribution in [3.63, 3.8) is 0 Å². The van der Waals surface area contributed by atoms with Crippen LogP contribution in [0.3, 0.4) is 0 Å². The zero-order chi connectivity index (χ0) is 17.1. The SMILES string of the molecule is COc1ccccc1C(=O)NCc1nn(C)c(=O)c2ccccc12. The van der Waals surface area contributed by atoms with Crippen molar-refractivity contribution < 1.29 is 9.53 Å². The number of nitrogens with one attached hydrogen (secondary N) is 1. The number of hydrogen-bond acceptors (Lipinski definition) is 4. The number of aromatic nitrogens is 2. The van der Waals surface area contributed by atoms with Crippen molar-refractivity contribution in [3.8, 4) is 5.75 Å². The van der Waals surface area contributed by atoms with Gasteiger partial charge >= 0.3 is 0 Å². The maximum Gasteiger partial charge on any atom is 0.274 e. The number of ether oxygens (including phenoxy) is 1. The Bertz CT molecular complexity index is 963. The first-order valence-corrected chi connectivity index (χ1v) is 7.48. The first kappa shape index (κ1) is 15.7. The summed E-state index contributed by atoms with van der Waals surface area (Å²) in [6.45, 7) is 0.214. The van der Waals surface area contributed by atoms with Crippen molar-refractivity contribution in [2.75, 3.05) is 7.11 Å². The van der Waals surface area contributed by atoms with Crippen LogP contribution in [0.4, 0.5) is 0 Å². The summed E-state index contributed by atoms with van der Waals surface area (Å²) < 4.78 is 6.49. The normalized spacial score (nSPS) is 10.6. The van der Waals surface area contributed by atoms with Gasteiger partial charge in [-0.25, -0.2) is 4.68 Å². The Morgan fingerprint density at radius 1 is 1.12 bits per heavy atom. The van der Waals surface area contributed by atoms with Gasteiger partial charge in [0.25, 0.3) is 11.5 Å². The zero-order valence-electron chi connectivity index (χ0n) is 13.4. The molecule has 0 aliphatic rings. The van der Waals surface area contributed by atoms with Crippen LogP contribution < -0.4 is 15.6 Å². The molecule has 0 aliphatic heterocycles. The molecule has 0 saturated heterocycles. The predicted molar refractivity (Wildman–Crippen MR) is 91.1 cm³/mol. The molecule has 6 nitrogen and oxygen atoms in total. The van der Waals surface area contributed by atoms with E-state index in [-0.39, 0.29) is 18.0 Å². The number of benzene rings is 2. The Hall–Kier alpha value is -3.15. The van der Waals surface area contributed by atoms with Gasteiger partial charge < -0.3 is 10.1 Å². The topological polar surface area (TPSA) is 73.2 Å². The summed E-state index contributed by atoms with van der Waals surface area (Å²) in [5.41, 5.74) is 0.926. The van der Waals surface area contributed by atoms with E-state index in [4.69, 9.17) is 4.74 Å². The molecule has 3 rings (SSSR count). The lowest BCUT2D eigenvalue weighted by Gasteiger charge is -2.11. The number of fused-ring (bicyclic) bond motifs is 1. The van der Waals surface area contributed by atoms with Crippen LogP contribution in [0.25, 0.3) is 10.8 Å². The van der Waals surface area contributed by atoms with E-state index in [2.05, 4.69) is 10.4 Å². The van der Waals surface area contributed by atoms with Gasteiger partial charge in [-0.2, -0.15) is 5.10 Å². The molecule has 24 heavy (non-hydrogen) atoms. The van der Waals surface area contributed by atoms with Crippen LogP contribution >= 0.6 is 0 Å². The summed E-state index contributed by atoms with van der Waals surface area (Å²) in [7, 11) is 3.12. The molecule has 0 unspecified atom stereocenters. The lowest BCUT2D eigenvalue weighted by molar-refractivity contribution is 0.0947. The molecule has 0 radical (unpaired) electrons. The Kier molecular flexibility index (Phi) is 4.29. The summed E-state index contributed by atoms with van der Waals surface area (Å²) in [5, 5.41) is 8.42. The predicted octanol–water partition coefficient (Wildman–Crippen LogP) is 1.87. The van der Waals surface area contributed by atoms with Crippen LogP contribution in [0, 0.1) is 0 Å². The van der Waals surface area contributed by atoms with Gasteiger partial charge in [0.1, 0.15) is 5.75 Å². The van der Waals surface area contributed by atoms with E-state index >= 15 is 0 Å². The van der Waals surface area contributed by atoms with Gasteiger partial charge in [0, 0.05) is 12.4 Å². The molecule has 1 amide bonds. The van der Waals surface area contributed by atoms with Gasteiger partial charge in [0.15, 0.2) is 0 Å². The second-order valence-electron chi connectivity index (χ2n) is 5.30. The maximum absolute atomic E-state index is 12.4. The number of hydrogen-bond donors (Lipinski definition) is 1. The summed E-state index contributed by atoms with van der Waals surface area (Å²) in [4.78, 5) is 24.5. The van der Waals surface area contributed by atoms with Crippen LogP contribution in [-0.2, 0) is 13.6 Å². The number of carbonyl (C=O) groups is 1. The number of methoxy groups -OCH3 is 1. The highest BCUT2D eigenvalue weighted by Gasteiger charge is 2.13. The third-order valence-corrected chi connectivity index (χ3v) is 3.80. The van der Waals surface area contributed by atoms with Crippen molar-refractivity contribution in [2.45, 2.75) is 6.54 Å². The number of rotatable bonds is 4. The quantitative estimate of drug-likeness (QED) is 0.795. The fraction of sp³-hybridized carbons (Fsp3) is 0.167. The van der Waals surface area contributed by atoms with E-state index in [0.717, 1.165) is 5.39 Å². The maximum atomic E-state index is 12.4. The molecule has 0 bridgehead atoms. The fourth-order valence-corrected chi connectivity index (χ4v) is 2.60. The largest absolute Gasteiger partial charge is 0.496 e. The van der Waals surface area contributed by atoms with E-state index in [0.29, 0.717) is 22.4 Å². The third-order valence-electron chi connectivity index (χ3n) is 3.80. The molecule has 0 spiro atoms. The molecule has 1 aromatic heterocycles. The average Bonchev–Trinajstić information content (AvgIpc) is 2.63. The molecule has 1 heterocycles. The fourth-order valence-electron chi connectivity index (χ4n) is 2.60. The molecule has 0 aliphatic carbocycles. The highest BCUT2D eigenvalue weighted by Crippen LogP contribution is 2.17. The molecule has 0 saturated carbocycles. The van der Waals surface area contributed by atoms with Crippen molar-refractivity contribution in [1.29, 1.82) is 0 Å². The van der Waals surface area contributed by atoms with Gasteiger partial charge in [0.05, 0.1) is 30.3 Å². The third kappa shape index (κ3) is 2.86. The summed E-state index contributed by atoms with van der Waals surface area (Å²) in [5.74, 6) is 0.250. The molecular formula is C18H17N3O3.